The van der Waals surface area contributed by atoms with Crippen molar-refractivity contribution >= 4 is 24.1 Å². The highest BCUT2D eigenvalue weighted by atomic mass is 35.5. The Kier molecular flexibility index (Phi) is 4.87. The Hall–Kier alpha value is -0.810. The van der Waals surface area contributed by atoms with Crippen LogP contribution >= 0.6 is 12.4 Å². The molecule has 1 rings (SSSR count). The molecule has 1 atom stereocenters. The van der Waals surface area contributed by atoms with Gasteiger partial charge < -0.3 is 15.3 Å². The second kappa shape index (κ2) is 5.17. The lowest BCUT2D eigenvalue weighted by molar-refractivity contribution is -0.166. The first-order valence-electron chi connectivity index (χ1n) is 4.23. The number of hydrogen-bond acceptors (Lipinski definition) is 5. The van der Waals surface area contributed by atoms with E-state index in [1.165, 1.54) is 0 Å². The second-order valence-electron chi connectivity index (χ2n) is 3.08. The normalized spacial score (nSPS) is 24.6. The highest BCUT2D eigenvalue weighted by Crippen LogP contribution is 2.24. The van der Waals surface area contributed by atoms with E-state index in [-0.39, 0.29) is 18.4 Å². The van der Waals surface area contributed by atoms with Gasteiger partial charge in [-0.25, -0.2) is 4.79 Å². The van der Waals surface area contributed by atoms with Gasteiger partial charge >= 0.3 is 5.97 Å². The van der Waals surface area contributed by atoms with Gasteiger partial charge in [0, 0.05) is 13.0 Å². The fourth-order valence-electron chi connectivity index (χ4n) is 1.12. The summed E-state index contributed by atoms with van der Waals surface area (Å²) in [6.45, 7) is 4.06. The number of esters is 1. The van der Waals surface area contributed by atoms with Crippen LogP contribution in [0.15, 0.2) is 5.16 Å². The number of rotatable bonds is 3. The number of halogens is 1. The number of nitrogens with zero attached hydrogens (tertiary/aromatic N) is 1. The van der Waals surface area contributed by atoms with Gasteiger partial charge in [0.15, 0.2) is 0 Å². The summed E-state index contributed by atoms with van der Waals surface area (Å²) >= 11 is 0. The van der Waals surface area contributed by atoms with Gasteiger partial charge in [-0.3, -0.25) is 0 Å². The fraction of sp³-hybridized carbons (Fsp3) is 0.750. The Balaban J connectivity index is 0.00000169. The Labute approximate surface area is 89.0 Å². The molecule has 0 aromatic rings. The predicted molar refractivity (Wildman–Crippen MR) is 54.5 cm³/mol. The third kappa shape index (κ3) is 2.59. The van der Waals surface area contributed by atoms with E-state index in [1.807, 2.05) is 0 Å². The van der Waals surface area contributed by atoms with E-state index in [4.69, 9.17) is 15.3 Å². The van der Waals surface area contributed by atoms with Crippen LogP contribution in [0.3, 0.4) is 0 Å². The van der Waals surface area contributed by atoms with Crippen LogP contribution in [0.4, 0.5) is 0 Å². The van der Waals surface area contributed by atoms with Crippen LogP contribution < -0.4 is 5.73 Å². The highest BCUT2D eigenvalue weighted by Gasteiger charge is 2.42. The molecule has 0 aromatic carbocycles. The van der Waals surface area contributed by atoms with Gasteiger partial charge in [-0.05, 0) is 13.8 Å². The molecule has 0 spiro atoms. The zero-order valence-electron chi connectivity index (χ0n) is 8.28. The minimum atomic E-state index is -0.968. The van der Waals surface area contributed by atoms with Gasteiger partial charge in [-0.1, -0.05) is 5.16 Å². The quantitative estimate of drug-likeness (QED) is 0.705. The van der Waals surface area contributed by atoms with E-state index < -0.39 is 5.60 Å². The van der Waals surface area contributed by atoms with Gasteiger partial charge in [0.2, 0.25) is 5.60 Å². The third-order valence-electron chi connectivity index (χ3n) is 1.86. The summed E-state index contributed by atoms with van der Waals surface area (Å²) in [5.74, 6) is -0.387. The zero-order chi connectivity index (χ0) is 9.90. The molecular formula is C8H15ClN2O3. The molecule has 5 nitrogen and oxygen atoms in total. The van der Waals surface area contributed by atoms with Crippen molar-refractivity contribution in [1.29, 1.82) is 0 Å². The Morgan fingerprint density at radius 2 is 2.43 bits per heavy atom. The molecule has 0 saturated heterocycles. The van der Waals surface area contributed by atoms with Gasteiger partial charge in [-0.2, -0.15) is 0 Å². The average molecular weight is 223 g/mol. The van der Waals surface area contributed by atoms with Gasteiger partial charge in [0.05, 0.1) is 12.3 Å². The molecule has 82 valence electrons. The monoisotopic (exact) mass is 222 g/mol. The SMILES string of the molecule is CCOC(=O)C1(C)CC(CN)=NO1.Cl. The molecule has 0 radical (unpaired) electrons. The minimum Gasteiger partial charge on any atom is -0.463 e. The number of carbonyl (C=O) groups excluding carboxylic acids is 1. The molecule has 0 fully saturated rings. The molecule has 14 heavy (non-hydrogen) atoms. The van der Waals surface area contributed by atoms with Crippen LogP contribution in [0.25, 0.3) is 0 Å². The fourth-order valence-corrected chi connectivity index (χ4v) is 1.12. The van der Waals surface area contributed by atoms with Crippen molar-refractivity contribution < 1.29 is 14.4 Å². The van der Waals surface area contributed by atoms with Crippen LogP contribution in [-0.2, 0) is 14.4 Å². The average Bonchev–Trinajstić information content (AvgIpc) is 2.49. The highest BCUT2D eigenvalue weighted by molar-refractivity contribution is 5.94. The van der Waals surface area contributed by atoms with E-state index in [2.05, 4.69) is 5.16 Å². The second-order valence-corrected chi connectivity index (χ2v) is 3.08. The van der Waals surface area contributed by atoms with E-state index in [0.29, 0.717) is 25.3 Å². The summed E-state index contributed by atoms with van der Waals surface area (Å²) in [4.78, 5) is 16.4. The zero-order valence-corrected chi connectivity index (χ0v) is 9.10. The van der Waals surface area contributed by atoms with Crippen LogP contribution in [-0.4, -0.2) is 30.4 Å². The molecule has 2 N–H and O–H groups in total. The summed E-state index contributed by atoms with van der Waals surface area (Å²) in [5.41, 5.74) is 5.09. The van der Waals surface area contributed by atoms with E-state index in [9.17, 15) is 4.79 Å². The maximum Gasteiger partial charge on any atom is 0.353 e. The summed E-state index contributed by atoms with van der Waals surface area (Å²) in [7, 11) is 0. The standard InChI is InChI=1S/C8H14N2O3.ClH/c1-3-12-7(11)8(2)4-6(5-9)10-13-8;/h3-5,9H2,1-2H3;1H. The van der Waals surface area contributed by atoms with Crippen molar-refractivity contribution in [1.82, 2.24) is 0 Å². The van der Waals surface area contributed by atoms with Gasteiger partial charge in [-0.15, -0.1) is 12.4 Å². The van der Waals surface area contributed by atoms with Crippen LogP contribution in [0.1, 0.15) is 20.3 Å². The summed E-state index contributed by atoms with van der Waals surface area (Å²) in [6.07, 6.45) is 0.419. The smallest absolute Gasteiger partial charge is 0.353 e. The van der Waals surface area contributed by atoms with Gasteiger partial charge in [0.1, 0.15) is 0 Å². The van der Waals surface area contributed by atoms with Crippen molar-refractivity contribution in [2.24, 2.45) is 10.9 Å². The molecular weight excluding hydrogens is 208 g/mol. The summed E-state index contributed by atoms with van der Waals surface area (Å²) < 4.78 is 4.84. The van der Waals surface area contributed by atoms with Crippen molar-refractivity contribution in [3.8, 4) is 0 Å². The molecule has 1 heterocycles. The third-order valence-corrected chi connectivity index (χ3v) is 1.86. The maximum atomic E-state index is 11.4. The minimum absolute atomic E-state index is 0. The summed E-state index contributed by atoms with van der Waals surface area (Å²) in [6, 6.07) is 0. The molecule has 1 aliphatic heterocycles. The number of oxime groups is 1. The van der Waals surface area contributed by atoms with Crippen molar-refractivity contribution in [3.63, 3.8) is 0 Å². The Bertz CT molecular complexity index is 245. The molecule has 6 heteroatoms. The van der Waals surface area contributed by atoms with Crippen molar-refractivity contribution in [2.45, 2.75) is 25.9 Å². The van der Waals surface area contributed by atoms with E-state index >= 15 is 0 Å². The molecule has 0 bridgehead atoms. The predicted octanol–water partition coefficient (Wildman–Crippen LogP) is 0.465. The lowest BCUT2D eigenvalue weighted by atomic mass is 10.0. The van der Waals surface area contributed by atoms with E-state index in [0.717, 1.165) is 0 Å². The molecule has 0 amide bonds. The van der Waals surface area contributed by atoms with E-state index in [1.54, 1.807) is 13.8 Å². The molecule has 0 aliphatic carbocycles. The number of hydrogen-bond donors (Lipinski definition) is 1. The number of carbonyl (C=O) groups is 1. The molecule has 1 unspecified atom stereocenters. The molecule has 0 saturated carbocycles. The largest absolute Gasteiger partial charge is 0.463 e. The first-order chi connectivity index (χ1) is 6.12. The first-order valence-corrected chi connectivity index (χ1v) is 4.23. The Morgan fingerprint density at radius 1 is 1.79 bits per heavy atom. The first kappa shape index (κ1) is 13.2. The van der Waals surface area contributed by atoms with Crippen LogP contribution in [0.5, 0.6) is 0 Å². The molecule has 1 aliphatic rings. The van der Waals surface area contributed by atoms with Gasteiger partial charge in [0.25, 0.3) is 0 Å². The molecule has 0 aromatic heterocycles. The maximum absolute atomic E-state index is 11.4. The lowest BCUT2D eigenvalue weighted by Crippen LogP contribution is -2.37. The number of ether oxygens (including phenoxy) is 1. The lowest BCUT2D eigenvalue weighted by Gasteiger charge is -2.18. The van der Waals surface area contributed by atoms with Crippen LogP contribution in [0, 0.1) is 0 Å². The van der Waals surface area contributed by atoms with Crippen molar-refractivity contribution in [2.75, 3.05) is 13.2 Å². The topological polar surface area (TPSA) is 73.9 Å². The number of nitrogens with two attached hydrogens (primary N) is 1. The van der Waals surface area contributed by atoms with Crippen LogP contribution in [0.2, 0.25) is 0 Å². The van der Waals surface area contributed by atoms with Crippen molar-refractivity contribution in [3.05, 3.63) is 0 Å². The summed E-state index contributed by atoms with van der Waals surface area (Å²) in [5, 5.41) is 3.70. The Morgan fingerprint density at radius 3 is 2.86 bits per heavy atom.